The van der Waals surface area contributed by atoms with Crippen LogP contribution in [0.1, 0.15) is 20.8 Å². The van der Waals surface area contributed by atoms with Crippen molar-refractivity contribution >= 4 is 6.40 Å². The molecule has 0 aromatic carbocycles. The van der Waals surface area contributed by atoms with Crippen LogP contribution >= 0.6 is 0 Å². The average molecular weight is 178 g/mol. The van der Waals surface area contributed by atoms with E-state index in [-0.39, 0.29) is 11.6 Å². The van der Waals surface area contributed by atoms with Crippen molar-refractivity contribution in [3.63, 3.8) is 0 Å². The lowest BCUT2D eigenvalue weighted by Crippen LogP contribution is -2.26. The molecule has 0 saturated carbocycles. The van der Waals surface area contributed by atoms with Crippen molar-refractivity contribution in [1.29, 1.82) is 0 Å². The fraction of sp³-hybridized carbons (Fsp3) is 0.500. The molecule has 3 heteroatoms. The summed E-state index contributed by atoms with van der Waals surface area (Å²) in [5.41, 5.74) is 1.44. The van der Waals surface area contributed by atoms with Gasteiger partial charge in [0.25, 0.3) is 0 Å². The van der Waals surface area contributed by atoms with Crippen molar-refractivity contribution in [2.24, 2.45) is 10.5 Å². The van der Waals surface area contributed by atoms with E-state index in [1.807, 2.05) is 17.3 Å². The zero-order valence-electron chi connectivity index (χ0n) is 8.19. The topological polar surface area (TPSA) is 24.8 Å². The molecule has 1 unspecified atom stereocenters. The van der Waals surface area contributed by atoms with Gasteiger partial charge in [0.05, 0.1) is 0 Å². The van der Waals surface area contributed by atoms with Crippen LogP contribution in [-0.2, 0) is 4.74 Å². The minimum Gasteiger partial charge on any atom is -0.453 e. The Kier molecular flexibility index (Phi) is 1.68. The number of rotatable bonds is 0. The molecule has 0 N–H and O–H groups in total. The maximum absolute atomic E-state index is 5.22. The van der Waals surface area contributed by atoms with Gasteiger partial charge in [-0.15, -0.1) is 5.10 Å². The Morgan fingerprint density at radius 1 is 1.46 bits per heavy atom. The molecule has 70 valence electrons. The summed E-state index contributed by atoms with van der Waals surface area (Å²) in [7, 11) is 0. The van der Waals surface area contributed by atoms with Gasteiger partial charge in [0, 0.05) is 6.20 Å². The fourth-order valence-corrected chi connectivity index (χ4v) is 1.33. The molecule has 13 heavy (non-hydrogen) atoms. The summed E-state index contributed by atoms with van der Waals surface area (Å²) < 4.78 is 5.22. The van der Waals surface area contributed by atoms with Gasteiger partial charge in [-0.2, -0.15) is 0 Å². The molecule has 0 amide bonds. The van der Waals surface area contributed by atoms with Gasteiger partial charge in [0.2, 0.25) is 6.23 Å². The molecule has 0 bridgehead atoms. The highest BCUT2D eigenvalue weighted by Crippen LogP contribution is 2.30. The van der Waals surface area contributed by atoms with Crippen LogP contribution in [0, 0.1) is 5.41 Å². The third kappa shape index (κ3) is 1.46. The van der Waals surface area contributed by atoms with Crippen LogP contribution in [0.5, 0.6) is 0 Å². The summed E-state index contributed by atoms with van der Waals surface area (Å²) in [6.07, 6.45) is 7.63. The summed E-state index contributed by atoms with van der Waals surface area (Å²) in [6.45, 7) is 6.55. The minimum absolute atomic E-state index is 0.0221. The second-order valence-electron chi connectivity index (χ2n) is 4.32. The van der Waals surface area contributed by atoms with Crippen LogP contribution in [0.25, 0.3) is 0 Å². The Morgan fingerprint density at radius 2 is 2.23 bits per heavy atom. The highest BCUT2D eigenvalue weighted by atomic mass is 16.5. The molecule has 0 aliphatic carbocycles. The molecule has 0 aromatic heterocycles. The van der Waals surface area contributed by atoms with Gasteiger partial charge >= 0.3 is 0 Å². The number of nitrogens with zero attached hydrogens (tertiary/aromatic N) is 2. The molecule has 0 saturated heterocycles. The Morgan fingerprint density at radius 3 is 2.92 bits per heavy atom. The van der Waals surface area contributed by atoms with Gasteiger partial charge < -0.3 is 4.74 Å². The lowest BCUT2D eigenvalue weighted by Gasteiger charge is -2.27. The van der Waals surface area contributed by atoms with Gasteiger partial charge in [-0.3, -0.25) is 0 Å². The van der Waals surface area contributed by atoms with Crippen LogP contribution in [0.3, 0.4) is 0 Å². The van der Waals surface area contributed by atoms with Crippen LogP contribution in [-0.4, -0.2) is 17.6 Å². The maximum atomic E-state index is 5.22. The van der Waals surface area contributed by atoms with E-state index in [2.05, 4.69) is 31.9 Å². The third-order valence-corrected chi connectivity index (χ3v) is 2.22. The molecule has 3 nitrogen and oxygen atoms in total. The second-order valence-corrected chi connectivity index (χ2v) is 4.32. The second kappa shape index (κ2) is 2.62. The van der Waals surface area contributed by atoms with Crippen LogP contribution < -0.4 is 0 Å². The van der Waals surface area contributed by atoms with Crippen molar-refractivity contribution in [3.8, 4) is 0 Å². The van der Waals surface area contributed by atoms with Crippen LogP contribution in [0.15, 0.2) is 29.0 Å². The van der Waals surface area contributed by atoms with Crippen LogP contribution in [0.2, 0.25) is 0 Å². The molecular formula is C10H14N2O. The van der Waals surface area contributed by atoms with E-state index in [9.17, 15) is 0 Å². The first-order valence-electron chi connectivity index (χ1n) is 4.44. The van der Waals surface area contributed by atoms with E-state index >= 15 is 0 Å². The number of ether oxygens (including phenoxy) is 1. The van der Waals surface area contributed by atoms with Crippen molar-refractivity contribution in [2.75, 3.05) is 0 Å². The van der Waals surface area contributed by atoms with E-state index in [1.165, 1.54) is 12.0 Å². The highest BCUT2D eigenvalue weighted by molar-refractivity contribution is 5.50. The predicted molar refractivity (Wildman–Crippen MR) is 51.9 cm³/mol. The first kappa shape index (κ1) is 8.35. The molecule has 0 radical (unpaired) electrons. The Bertz CT molecular complexity index is 297. The lowest BCUT2D eigenvalue weighted by atomic mass is 9.86. The fourth-order valence-electron chi connectivity index (χ4n) is 1.33. The Hall–Kier alpha value is -1.25. The van der Waals surface area contributed by atoms with Gasteiger partial charge in [0.1, 0.15) is 0 Å². The Labute approximate surface area is 78.4 Å². The lowest BCUT2D eigenvalue weighted by molar-refractivity contribution is 0.139. The molecule has 0 aromatic rings. The number of hydrogen-bond donors (Lipinski definition) is 0. The molecule has 2 aliphatic rings. The van der Waals surface area contributed by atoms with Gasteiger partial charge in [-0.25, -0.2) is 5.01 Å². The quantitative estimate of drug-likeness (QED) is 0.567. The molecule has 2 aliphatic heterocycles. The summed E-state index contributed by atoms with van der Waals surface area (Å²) in [6, 6.07) is 0. The van der Waals surface area contributed by atoms with E-state index < -0.39 is 0 Å². The summed E-state index contributed by atoms with van der Waals surface area (Å²) in [4.78, 5) is 0. The van der Waals surface area contributed by atoms with Crippen LogP contribution in [0.4, 0.5) is 0 Å². The van der Waals surface area contributed by atoms with E-state index in [0.29, 0.717) is 0 Å². The van der Waals surface area contributed by atoms with Gasteiger partial charge in [0.15, 0.2) is 6.40 Å². The van der Waals surface area contributed by atoms with Gasteiger partial charge in [-0.1, -0.05) is 26.8 Å². The molecule has 0 fully saturated rings. The normalized spacial score (nSPS) is 25.6. The first-order chi connectivity index (χ1) is 6.07. The highest BCUT2D eigenvalue weighted by Gasteiger charge is 2.25. The summed E-state index contributed by atoms with van der Waals surface area (Å²) >= 11 is 0. The first-order valence-corrected chi connectivity index (χ1v) is 4.44. The number of hydrazone groups is 1. The summed E-state index contributed by atoms with van der Waals surface area (Å²) in [5, 5.41) is 5.91. The average Bonchev–Trinajstić information content (AvgIpc) is 2.47. The molecule has 1 atom stereocenters. The van der Waals surface area contributed by atoms with Crippen molar-refractivity contribution in [3.05, 3.63) is 23.9 Å². The molecule has 0 spiro atoms. The smallest absolute Gasteiger partial charge is 0.212 e. The number of allylic oxidation sites excluding steroid dienone is 2. The predicted octanol–water partition coefficient (Wildman–Crippen LogP) is 2.09. The molecular weight excluding hydrogens is 164 g/mol. The van der Waals surface area contributed by atoms with Crippen molar-refractivity contribution < 1.29 is 4.74 Å². The number of fused-ring (bicyclic) bond motifs is 1. The monoisotopic (exact) mass is 178 g/mol. The van der Waals surface area contributed by atoms with E-state index in [4.69, 9.17) is 4.74 Å². The van der Waals surface area contributed by atoms with Crippen molar-refractivity contribution in [1.82, 2.24) is 5.01 Å². The zero-order valence-corrected chi connectivity index (χ0v) is 8.19. The summed E-state index contributed by atoms with van der Waals surface area (Å²) in [5.74, 6) is 0. The van der Waals surface area contributed by atoms with Gasteiger partial charge in [-0.05, 0) is 17.1 Å². The largest absolute Gasteiger partial charge is 0.453 e. The minimum atomic E-state index is -0.0221. The standard InChI is InChI=1S/C10H14N2O/c1-10(2,3)8-4-5-9-12(6-8)11-7-13-9/h4-7,9H,1-3H3. The zero-order chi connectivity index (χ0) is 9.47. The van der Waals surface area contributed by atoms with E-state index in [1.54, 1.807) is 0 Å². The maximum Gasteiger partial charge on any atom is 0.212 e. The molecule has 2 heterocycles. The molecule has 2 rings (SSSR count). The number of hydrogen-bond acceptors (Lipinski definition) is 3. The third-order valence-electron chi connectivity index (χ3n) is 2.22. The van der Waals surface area contributed by atoms with Crippen molar-refractivity contribution in [2.45, 2.75) is 27.0 Å². The Balaban J connectivity index is 2.24. The van der Waals surface area contributed by atoms with E-state index in [0.717, 1.165) is 0 Å². The SMILES string of the molecule is CC(C)(C)C1=CN2N=COC2C=C1.